The summed E-state index contributed by atoms with van der Waals surface area (Å²) in [5, 5.41) is 0.577. The summed E-state index contributed by atoms with van der Waals surface area (Å²) < 4.78 is 46.0. The van der Waals surface area contributed by atoms with Gasteiger partial charge in [-0.05, 0) is 48.5 Å². The summed E-state index contributed by atoms with van der Waals surface area (Å²) in [6, 6.07) is 11.2. The van der Waals surface area contributed by atoms with Crippen molar-refractivity contribution < 1.29 is 17.9 Å². The number of fused-ring (bicyclic) bond motifs is 1. The molecule has 158 valence electrons. The van der Waals surface area contributed by atoms with Crippen LogP contribution in [0.1, 0.15) is 5.69 Å². The molecule has 0 saturated carbocycles. The Morgan fingerprint density at radius 1 is 1.06 bits per heavy atom. The second kappa shape index (κ2) is 7.59. The Kier molecular flexibility index (Phi) is 5.06. The van der Waals surface area contributed by atoms with Crippen molar-refractivity contribution in [1.29, 1.82) is 0 Å². The maximum Gasteiger partial charge on any atom is 0.433 e. The number of nitrogens with zero attached hydrogens (tertiary/aromatic N) is 3. The third-order valence-electron chi connectivity index (χ3n) is 4.67. The second-order valence-electron chi connectivity index (χ2n) is 6.55. The van der Waals surface area contributed by atoms with Crippen molar-refractivity contribution in [1.82, 2.24) is 14.5 Å². The Hall–Kier alpha value is -3.59. The van der Waals surface area contributed by atoms with Gasteiger partial charge in [-0.1, -0.05) is 11.6 Å². The maximum absolute atomic E-state index is 13.5. The molecule has 0 unspecified atom stereocenters. The minimum atomic E-state index is -4.69. The number of alkyl halides is 3. The van der Waals surface area contributed by atoms with Crippen LogP contribution in [0.2, 0.25) is 5.02 Å². The monoisotopic (exact) mass is 446 g/mol. The Morgan fingerprint density at radius 2 is 1.77 bits per heavy atom. The van der Waals surface area contributed by atoms with E-state index in [2.05, 4.69) is 9.97 Å². The molecule has 0 aliphatic rings. The highest BCUT2D eigenvalue weighted by Gasteiger charge is 2.33. The van der Waals surface area contributed by atoms with Gasteiger partial charge in [0, 0.05) is 10.4 Å². The topological polar surface area (TPSA) is 83.0 Å². The van der Waals surface area contributed by atoms with Crippen LogP contribution in [0, 0.1) is 0 Å². The van der Waals surface area contributed by atoms with E-state index in [1.54, 1.807) is 12.1 Å². The van der Waals surface area contributed by atoms with Gasteiger partial charge in [0.15, 0.2) is 0 Å². The van der Waals surface area contributed by atoms with Crippen molar-refractivity contribution in [3.05, 3.63) is 75.8 Å². The largest absolute Gasteiger partial charge is 0.495 e. The number of aromatic nitrogens is 3. The van der Waals surface area contributed by atoms with Crippen LogP contribution < -0.4 is 16.0 Å². The van der Waals surface area contributed by atoms with Gasteiger partial charge in [0.2, 0.25) is 0 Å². The van der Waals surface area contributed by atoms with E-state index >= 15 is 0 Å². The molecule has 0 aliphatic carbocycles. The minimum Gasteiger partial charge on any atom is -0.495 e. The molecule has 0 radical (unpaired) electrons. The third-order valence-corrected chi connectivity index (χ3v) is 4.92. The number of ether oxygens (including phenoxy) is 1. The normalized spacial score (nSPS) is 11.6. The van der Waals surface area contributed by atoms with E-state index in [-0.39, 0.29) is 33.7 Å². The fourth-order valence-electron chi connectivity index (χ4n) is 3.17. The Morgan fingerprint density at radius 3 is 2.35 bits per heavy atom. The first-order chi connectivity index (χ1) is 14.7. The van der Waals surface area contributed by atoms with Crippen molar-refractivity contribution in [2.45, 2.75) is 6.18 Å². The van der Waals surface area contributed by atoms with Crippen LogP contribution in [0.5, 0.6) is 5.75 Å². The van der Waals surface area contributed by atoms with Crippen molar-refractivity contribution in [3.8, 4) is 22.7 Å². The number of anilines is 1. The number of halogens is 4. The number of benzene rings is 1. The lowest BCUT2D eigenvalue weighted by atomic mass is 10.1. The third kappa shape index (κ3) is 3.68. The van der Waals surface area contributed by atoms with Crippen LogP contribution in [0.3, 0.4) is 0 Å². The molecule has 0 aliphatic heterocycles. The van der Waals surface area contributed by atoms with E-state index in [1.165, 1.54) is 43.6 Å². The maximum atomic E-state index is 13.5. The van der Waals surface area contributed by atoms with Gasteiger partial charge < -0.3 is 10.5 Å². The molecule has 4 aromatic rings. The molecule has 3 aromatic heterocycles. The number of nitrogens with two attached hydrogens (primary N) is 1. The molecule has 10 heteroatoms. The zero-order valence-electron chi connectivity index (χ0n) is 15.9. The molecule has 6 nitrogen and oxygen atoms in total. The van der Waals surface area contributed by atoms with E-state index in [0.29, 0.717) is 10.8 Å². The van der Waals surface area contributed by atoms with E-state index in [4.69, 9.17) is 22.1 Å². The molecule has 0 spiro atoms. The quantitative estimate of drug-likeness (QED) is 0.492. The van der Waals surface area contributed by atoms with Gasteiger partial charge in [0.1, 0.15) is 17.1 Å². The van der Waals surface area contributed by atoms with Gasteiger partial charge in [-0.3, -0.25) is 14.3 Å². The summed E-state index contributed by atoms with van der Waals surface area (Å²) in [6.07, 6.45) is -3.28. The molecule has 0 fully saturated rings. The number of nitrogen functional groups attached to an aromatic ring is 1. The summed E-state index contributed by atoms with van der Waals surface area (Å²) >= 11 is 5.93. The molecule has 4 rings (SSSR count). The standard InChI is InChI=1S/C21H14ClF3N4O2/c1-31-13-6-8-15(27-10-13)17-18(26)14-7-9-16(21(23,24)25)28-19(14)29(20(17)30)12-4-2-11(22)3-5-12/h2-10H,26H2,1H3. The van der Waals surface area contributed by atoms with Gasteiger partial charge in [-0.2, -0.15) is 13.2 Å². The predicted octanol–water partition coefficient (Wildman–Crippen LogP) is 4.71. The molecular formula is C21H14ClF3N4O2. The lowest BCUT2D eigenvalue weighted by Gasteiger charge is -2.16. The van der Waals surface area contributed by atoms with E-state index in [0.717, 1.165) is 10.6 Å². The fourth-order valence-corrected chi connectivity index (χ4v) is 3.30. The number of rotatable bonds is 3. The highest BCUT2D eigenvalue weighted by atomic mass is 35.5. The molecular weight excluding hydrogens is 433 g/mol. The molecule has 0 atom stereocenters. The van der Waals surface area contributed by atoms with E-state index in [1.807, 2.05) is 0 Å². The van der Waals surface area contributed by atoms with Crippen LogP contribution in [-0.4, -0.2) is 21.6 Å². The van der Waals surface area contributed by atoms with Gasteiger partial charge in [-0.25, -0.2) is 4.98 Å². The van der Waals surface area contributed by atoms with Gasteiger partial charge in [0.05, 0.1) is 35.9 Å². The zero-order chi connectivity index (χ0) is 22.3. The zero-order valence-corrected chi connectivity index (χ0v) is 16.7. The number of methoxy groups -OCH3 is 1. The summed E-state index contributed by atoms with van der Waals surface area (Å²) in [5.74, 6) is 0.470. The summed E-state index contributed by atoms with van der Waals surface area (Å²) in [5.41, 5.74) is 4.72. The highest BCUT2D eigenvalue weighted by molar-refractivity contribution is 6.30. The molecule has 1 aromatic carbocycles. The van der Waals surface area contributed by atoms with Crippen LogP contribution in [0.4, 0.5) is 18.9 Å². The van der Waals surface area contributed by atoms with Crippen molar-refractivity contribution in [2.75, 3.05) is 12.8 Å². The molecule has 0 saturated heterocycles. The van der Waals surface area contributed by atoms with E-state index in [9.17, 15) is 18.0 Å². The van der Waals surface area contributed by atoms with Crippen LogP contribution >= 0.6 is 11.6 Å². The number of pyridine rings is 3. The first-order valence-corrected chi connectivity index (χ1v) is 9.27. The van der Waals surface area contributed by atoms with Gasteiger partial charge in [0.25, 0.3) is 5.56 Å². The summed E-state index contributed by atoms with van der Waals surface area (Å²) in [7, 11) is 1.47. The minimum absolute atomic E-state index is 0.0240. The van der Waals surface area contributed by atoms with Gasteiger partial charge >= 0.3 is 6.18 Å². The summed E-state index contributed by atoms with van der Waals surface area (Å²) in [4.78, 5) is 21.4. The van der Waals surface area contributed by atoms with Crippen molar-refractivity contribution in [3.63, 3.8) is 0 Å². The Bertz CT molecular complexity index is 1330. The lowest BCUT2D eigenvalue weighted by Crippen LogP contribution is -2.24. The number of hydrogen-bond donors (Lipinski definition) is 1. The fraction of sp³-hybridized carbons (Fsp3) is 0.0952. The Labute approximate surface area is 178 Å². The van der Waals surface area contributed by atoms with Crippen LogP contribution in [-0.2, 0) is 6.18 Å². The van der Waals surface area contributed by atoms with Crippen molar-refractivity contribution >= 4 is 28.3 Å². The first kappa shape index (κ1) is 20.7. The summed E-state index contributed by atoms with van der Waals surface area (Å²) in [6.45, 7) is 0. The van der Waals surface area contributed by atoms with Gasteiger partial charge in [-0.15, -0.1) is 0 Å². The SMILES string of the molecule is COc1ccc(-c2c(N)c3ccc(C(F)(F)F)nc3n(-c3ccc(Cl)cc3)c2=O)nc1. The molecule has 31 heavy (non-hydrogen) atoms. The Balaban J connectivity index is 2.11. The number of hydrogen-bond acceptors (Lipinski definition) is 5. The second-order valence-corrected chi connectivity index (χ2v) is 6.99. The molecule has 2 N–H and O–H groups in total. The first-order valence-electron chi connectivity index (χ1n) is 8.89. The molecule has 0 bridgehead atoms. The lowest BCUT2D eigenvalue weighted by molar-refractivity contribution is -0.141. The smallest absolute Gasteiger partial charge is 0.433 e. The highest BCUT2D eigenvalue weighted by Crippen LogP contribution is 2.33. The molecule has 3 heterocycles. The average Bonchev–Trinajstić information content (AvgIpc) is 2.74. The van der Waals surface area contributed by atoms with Crippen molar-refractivity contribution in [2.24, 2.45) is 0 Å². The molecule has 0 amide bonds. The van der Waals surface area contributed by atoms with Crippen LogP contribution in [0.15, 0.2) is 59.5 Å². The van der Waals surface area contributed by atoms with Crippen LogP contribution in [0.25, 0.3) is 28.0 Å². The predicted molar refractivity (Wildman–Crippen MR) is 112 cm³/mol. The average molecular weight is 447 g/mol. The van der Waals surface area contributed by atoms with E-state index < -0.39 is 17.4 Å².